The minimum atomic E-state index is -0.238. The van der Waals surface area contributed by atoms with Crippen LogP contribution in [-0.4, -0.2) is 16.7 Å². The minimum Gasteiger partial charge on any atom is -0.352 e. The first kappa shape index (κ1) is 15.7. The van der Waals surface area contributed by atoms with Crippen molar-refractivity contribution in [2.24, 2.45) is 5.92 Å². The fraction of sp³-hybridized carbons (Fsp3) is 0.353. The molecule has 0 radical (unpaired) electrons. The van der Waals surface area contributed by atoms with Gasteiger partial charge in [0.05, 0.1) is 0 Å². The van der Waals surface area contributed by atoms with Crippen molar-refractivity contribution in [3.63, 3.8) is 0 Å². The molecule has 1 atom stereocenters. The molecular weight excluding hydrogens is 312 g/mol. The Balaban J connectivity index is 1.58. The number of carbonyl (C=O) groups is 2. The number of aryl methyl sites for hydroxylation is 2. The zero-order valence-electron chi connectivity index (χ0n) is 12.8. The lowest BCUT2D eigenvalue weighted by Gasteiger charge is -2.20. The highest BCUT2D eigenvalue weighted by Gasteiger charge is 2.29. The molecule has 2 N–H and O–H groups in total. The first-order valence-corrected chi connectivity index (χ1v) is 8.48. The van der Waals surface area contributed by atoms with Crippen LogP contribution in [0.5, 0.6) is 0 Å². The summed E-state index contributed by atoms with van der Waals surface area (Å²) in [5.41, 5.74) is 2.12. The average molecular weight is 330 g/mol. The van der Waals surface area contributed by atoms with E-state index in [1.54, 1.807) is 18.3 Å². The summed E-state index contributed by atoms with van der Waals surface area (Å²) in [5.74, 6) is -0.312. The zero-order valence-corrected chi connectivity index (χ0v) is 13.7. The molecule has 5 nitrogen and oxygen atoms in total. The Bertz CT molecular complexity index is 806. The number of nitrogens with one attached hydrogen (secondary N) is 2. The normalized spacial score (nSPS) is 16.9. The number of hydrogen-bond donors (Lipinski definition) is 2. The number of Topliss-reactive ketones (excluding diaryl/α,β-unsaturated/α-hetero) is 1. The van der Waals surface area contributed by atoms with Crippen molar-refractivity contribution >= 4 is 23.0 Å². The van der Waals surface area contributed by atoms with Crippen LogP contribution in [0.25, 0.3) is 0 Å². The number of amides is 1. The topological polar surface area (TPSA) is 79.0 Å². The van der Waals surface area contributed by atoms with E-state index in [1.165, 1.54) is 6.07 Å². The number of aromatic nitrogens is 1. The summed E-state index contributed by atoms with van der Waals surface area (Å²) in [5, 5.41) is 4.73. The molecule has 1 unspecified atom stereocenters. The summed E-state index contributed by atoms with van der Waals surface area (Å²) in [6.07, 6.45) is 1.80. The molecule has 1 amide bonds. The van der Waals surface area contributed by atoms with Gasteiger partial charge in [-0.1, -0.05) is 0 Å². The van der Waals surface area contributed by atoms with Crippen LogP contribution in [0.2, 0.25) is 0 Å². The number of fused-ring (bicyclic) bond motifs is 1. The van der Waals surface area contributed by atoms with E-state index >= 15 is 0 Å². The molecule has 0 spiro atoms. The molecule has 2 heterocycles. The number of ketones is 1. The van der Waals surface area contributed by atoms with E-state index in [-0.39, 0.29) is 29.6 Å². The molecule has 2 aromatic rings. The Morgan fingerprint density at radius 1 is 1.39 bits per heavy atom. The van der Waals surface area contributed by atoms with Gasteiger partial charge in [-0.2, -0.15) is 0 Å². The summed E-state index contributed by atoms with van der Waals surface area (Å²) in [6.45, 7) is 2.10. The molecule has 0 aliphatic heterocycles. The number of carbonyl (C=O) groups excluding carboxylic acids is 2. The number of H-pyrrole nitrogens is 1. The molecule has 1 aliphatic rings. The van der Waals surface area contributed by atoms with E-state index in [2.05, 4.69) is 10.3 Å². The van der Waals surface area contributed by atoms with Gasteiger partial charge in [0.2, 0.25) is 11.5 Å². The highest BCUT2D eigenvalue weighted by Crippen LogP contribution is 2.30. The number of pyridine rings is 1. The lowest BCUT2D eigenvalue weighted by atomic mass is 9.85. The Labute approximate surface area is 137 Å². The highest BCUT2D eigenvalue weighted by atomic mass is 32.1. The summed E-state index contributed by atoms with van der Waals surface area (Å²) in [6, 6.07) is 5.15. The van der Waals surface area contributed by atoms with Crippen LogP contribution in [-0.2, 0) is 17.8 Å². The minimum absolute atomic E-state index is 0.0784. The Morgan fingerprint density at radius 2 is 2.22 bits per heavy atom. The van der Waals surface area contributed by atoms with Crippen LogP contribution in [0, 0.1) is 12.8 Å². The molecule has 0 fully saturated rings. The standard InChI is InChI=1S/C17H18N2O3S/c1-10-6-11(7-16(21)19-10)9-18-15(20)8-12-2-3-14-13(17(12)22)4-5-23-14/h4-7,12H,2-3,8-9H2,1H3,(H,18,20)(H,19,21). The maximum Gasteiger partial charge on any atom is 0.248 e. The molecule has 0 saturated carbocycles. The maximum atomic E-state index is 12.4. The van der Waals surface area contributed by atoms with Crippen molar-refractivity contribution in [1.82, 2.24) is 10.3 Å². The van der Waals surface area contributed by atoms with Gasteiger partial charge in [0.1, 0.15) is 0 Å². The van der Waals surface area contributed by atoms with Crippen molar-refractivity contribution in [1.29, 1.82) is 0 Å². The third-order valence-corrected chi connectivity index (χ3v) is 5.04. The van der Waals surface area contributed by atoms with E-state index < -0.39 is 0 Å². The third kappa shape index (κ3) is 3.59. The molecule has 23 heavy (non-hydrogen) atoms. The molecule has 6 heteroatoms. The largest absolute Gasteiger partial charge is 0.352 e. The lowest BCUT2D eigenvalue weighted by molar-refractivity contribution is -0.122. The van der Waals surface area contributed by atoms with E-state index in [9.17, 15) is 14.4 Å². The van der Waals surface area contributed by atoms with Crippen molar-refractivity contribution in [2.45, 2.75) is 32.7 Å². The average Bonchev–Trinajstić information content (AvgIpc) is 2.96. The molecule has 0 bridgehead atoms. The van der Waals surface area contributed by atoms with Crippen LogP contribution in [0.3, 0.4) is 0 Å². The number of aromatic amines is 1. The van der Waals surface area contributed by atoms with Gasteiger partial charge in [0, 0.05) is 41.1 Å². The predicted molar refractivity (Wildman–Crippen MR) is 88.7 cm³/mol. The number of rotatable bonds is 4. The van der Waals surface area contributed by atoms with Crippen LogP contribution < -0.4 is 10.9 Å². The van der Waals surface area contributed by atoms with Crippen molar-refractivity contribution in [3.05, 3.63) is 55.6 Å². The second-order valence-corrected chi connectivity index (χ2v) is 6.87. The van der Waals surface area contributed by atoms with Gasteiger partial charge in [-0.3, -0.25) is 14.4 Å². The van der Waals surface area contributed by atoms with Crippen LogP contribution >= 0.6 is 11.3 Å². The van der Waals surface area contributed by atoms with Gasteiger partial charge in [-0.15, -0.1) is 11.3 Å². The van der Waals surface area contributed by atoms with Gasteiger partial charge in [-0.05, 0) is 42.8 Å². The first-order chi connectivity index (χ1) is 11.0. The smallest absolute Gasteiger partial charge is 0.248 e. The second-order valence-electron chi connectivity index (χ2n) is 5.87. The lowest BCUT2D eigenvalue weighted by Crippen LogP contribution is -2.30. The second kappa shape index (κ2) is 6.50. The van der Waals surface area contributed by atoms with Crippen LogP contribution in [0.1, 0.15) is 39.3 Å². The number of thiophene rings is 1. The molecule has 3 rings (SSSR count). The van der Waals surface area contributed by atoms with E-state index in [1.807, 2.05) is 17.5 Å². The molecular formula is C17H18N2O3S. The molecule has 1 aliphatic carbocycles. The SMILES string of the molecule is Cc1cc(CNC(=O)CC2CCc3sccc3C2=O)cc(=O)[nH]1. The monoisotopic (exact) mass is 330 g/mol. The van der Waals surface area contributed by atoms with E-state index in [0.29, 0.717) is 6.54 Å². The molecule has 2 aromatic heterocycles. The van der Waals surface area contributed by atoms with E-state index in [0.717, 1.165) is 34.5 Å². The first-order valence-electron chi connectivity index (χ1n) is 7.60. The van der Waals surface area contributed by atoms with Gasteiger partial charge in [0.15, 0.2) is 5.78 Å². The van der Waals surface area contributed by atoms with Crippen LogP contribution in [0.15, 0.2) is 28.4 Å². The Kier molecular flexibility index (Phi) is 4.43. The molecule has 120 valence electrons. The van der Waals surface area contributed by atoms with Gasteiger partial charge < -0.3 is 10.3 Å². The van der Waals surface area contributed by atoms with Crippen molar-refractivity contribution in [3.8, 4) is 0 Å². The fourth-order valence-electron chi connectivity index (χ4n) is 2.96. The van der Waals surface area contributed by atoms with Gasteiger partial charge in [0.25, 0.3) is 0 Å². The highest BCUT2D eigenvalue weighted by molar-refractivity contribution is 7.10. The van der Waals surface area contributed by atoms with E-state index in [4.69, 9.17) is 0 Å². The Morgan fingerprint density at radius 3 is 3.00 bits per heavy atom. The van der Waals surface area contributed by atoms with Gasteiger partial charge in [-0.25, -0.2) is 0 Å². The predicted octanol–water partition coefficient (Wildman–Crippen LogP) is 2.20. The van der Waals surface area contributed by atoms with Crippen molar-refractivity contribution in [2.75, 3.05) is 0 Å². The quantitative estimate of drug-likeness (QED) is 0.902. The van der Waals surface area contributed by atoms with Crippen molar-refractivity contribution < 1.29 is 9.59 Å². The molecule has 0 aromatic carbocycles. The number of hydrogen-bond acceptors (Lipinski definition) is 4. The summed E-state index contributed by atoms with van der Waals surface area (Å²) in [7, 11) is 0. The summed E-state index contributed by atoms with van der Waals surface area (Å²) >= 11 is 1.61. The van der Waals surface area contributed by atoms with Crippen LogP contribution in [0.4, 0.5) is 0 Å². The Hall–Kier alpha value is -2.21. The summed E-state index contributed by atoms with van der Waals surface area (Å²) in [4.78, 5) is 39.7. The summed E-state index contributed by atoms with van der Waals surface area (Å²) < 4.78 is 0. The third-order valence-electron chi connectivity index (χ3n) is 4.06. The molecule has 0 saturated heterocycles. The fourth-order valence-corrected chi connectivity index (χ4v) is 3.86. The van der Waals surface area contributed by atoms with Gasteiger partial charge >= 0.3 is 0 Å². The maximum absolute atomic E-state index is 12.4. The zero-order chi connectivity index (χ0) is 16.4.